The minimum absolute atomic E-state index is 0.0322. The quantitative estimate of drug-likeness (QED) is 0.410. The second-order valence-electron chi connectivity index (χ2n) is 6.39. The Balaban J connectivity index is 2.24. The number of anilines is 1. The van der Waals surface area contributed by atoms with Crippen molar-refractivity contribution in [3.8, 4) is 5.75 Å². The molecule has 0 fully saturated rings. The van der Waals surface area contributed by atoms with Crippen molar-refractivity contribution in [2.24, 2.45) is 0 Å². The summed E-state index contributed by atoms with van der Waals surface area (Å²) in [4.78, 5) is 22.3. The van der Waals surface area contributed by atoms with Crippen LogP contribution in [0.2, 0.25) is 0 Å². The number of rotatable bonds is 8. The third-order valence-corrected chi connectivity index (χ3v) is 5.17. The SMILES string of the molecule is CCC(=O)Nc1cc(COc2c(Br)cc(CCC(=O)O)cc2Br)cc(C(F)(F)F)c1. The zero-order chi connectivity index (χ0) is 22.5. The molecule has 2 N–H and O–H groups in total. The topological polar surface area (TPSA) is 75.6 Å². The maximum atomic E-state index is 13.2. The molecule has 0 saturated heterocycles. The standard InChI is InChI=1S/C20H18Br2F3NO4/c1-2-17(27)26-14-6-12(5-13(9-14)20(23,24)25)10-30-19-15(21)7-11(8-16(19)22)3-4-18(28)29/h5-9H,2-4,10H2,1H3,(H,26,27)(H,28,29). The van der Waals surface area contributed by atoms with Crippen molar-refractivity contribution in [2.75, 3.05) is 5.32 Å². The molecule has 0 radical (unpaired) electrons. The van der Waals surface area contributed by atoms with Crippen molar-refractivity contribution in [3.63, 3.8) is 0 Å². The molecule has 0 heterocycles. The van der Waals surface area contributed by atoms with Crippen LogP contribution in [0.5, 0.6) is 5.75 Å². The molecule has 0 spiro atoms. The maximum absolute atomic E-state index is 13.2. The summed E-state index contributed by atoms with van der Waals surface area (Å²) >= 11 is 6.68. The number of benzene rings is 2. The number of carbonyl (C=O) groups excluding carboxylic acids is 1. The molecule has 2 aromatic carbocycles. The van der Waals surface area contributed by atoms with E-state index in [9.17, 15) is 22.8 Å². The molecule has 1 amide bonds. The monoisotopic (exact) mass is 551 g/mol. The van der Waals surface area contributed by atoms with Gasteiger partial charge in [0.15, 0.2) is 0 Å². The Hall–Kier alpha value is -2.07. The molecule has 162 valence electrons. The number of carbonyl (C=O) groups is 2. The fraction of sp³-hybridized carbons (Fsp3) is 0.300. The van der Waals surface area contributed by atoms with Gasteiger partial charge in [0.2, 0.25) is 5.91 Å². The lowest BCUT2D eigenvalue weighted by Crippen LogP contribution is -2.13. The zero-order valence-electron chi connectivity index (χ0n) is 15.8. The minimum atomic E-state index is -4.57. The Morgan fingerprint density at radius 1 is 1.07 bits per heavy atom. The van der Waals surface area contributed by atoms with Gasteiger partial charge >= 0.3 is 12.1 Å². The predicted molar refractivity (Wildman–Crippen MR) is 112 cm³/mol. The fourth-order valence-electron chi connectivity index (χ4n) is 2.56. The summed E-state index contributed by atoms with van der Waals surface area (Å²) in [6.45, 7) is 1.42. The summed E-state index contributed by atoms with van der Waals surface area (Å²) in [5.41, 5.74) is 0.131. The van der Waals surface area contributed by atoms with Crippen molar-refractivity contribution in [1.82, 2.24) is 0 Å². The smallest absolute Gasteiger partial charge is 0.416 e. The molecule has 0 aliphatic heterocycles. The van der Waals surface area contributed by atoms with Crippen LogP contribution in [0.15, 0.2) is 39.3 Å². The number of nitrogens with one attached hydrogen (secondary N) is 1. The van der Waals surface area contributed by atoms with Gasteiger partial charge in [0.05, 0.1) is 14.5 Å². The number of halogens is 5. The Kier molecular flexibility index (Phi) is 8.31. The van der Waals surface area contributed by atoms with Gasteiger partial charge in [-0.05, 0) is 79.7 Å². The van der Waals surface area contributed by atoms with Gasteiger partial charge < -0.3 is 15.2 Å². The van der Waals surface area contributed by atoms with Crippen LogP contribution >= 0.6 is 31.9 Å². The number of carboxylic acids is 1. The number of amides is 1. The van der Waals surface area contributed by atoms with E-state index in [4.69, 9.17) is 9.84 Å². The first-order chi connectivity index (χ1) is 14.0. The number of hydrogen-bond donors (Lipinski definition) is 2. The molecule has 2 rings (SSSR count). The van der Waals surface area contributed by atoms with Crippen molar-refractivity contribution >= 4 is 49.4 Å². The van der Waals surface area contributed by atoms with E-state index in [0.717, 1.165) is 17.7 Å². The lowest BCUT2D eigenvalue weighted by Gasteiger charge is -2.15. The summed E-state index contributed by atoms with van der Waals surface area (Å²) in [6.07, 6.45) is -4.15. The van der Waals surface area contributed by atoms with Gasteiger partial charge in [-0.3, -0.25) is 9.59 Å². The van der Waals surface area contributed by atoms with Crippen molar-refractivity contribution in [3.05, 3.63) is 56.0 Å². The molecular formula is C20H18Br2F3NO4. The number of alkyl halides is 3. The molecule has 0 saturated carbocycles. The van der Waals surface area contributed by atoms with E-state index in [1.165, 1.54) is 6.07 Å². The van der Waals surface area contributed by atoms with E-state index in [1.54, 1.807) is 19.1 Å². The number of aliphatic carboxylic acids is 1. The average molecular weight is 553 g/mol. The van der Waals surface area contributed by atoms with Crippen LogP contribution in [0.1, 0.15) is 36.5 Å². The van der Waals surface area contributed by atoms with Crippen LogP contribution in [0, 0.1) is 0 Å². The van der Waals surface area contributed by atoms with E-state index in [1.807, 2.05) is 0 Å². The summed E-state index contributed by atoms with van der Waals surface area (Å²) in [7, 11) is 0. The first kappa shape index (κ1) is 24.2. The Bertz CT molecular complexity index is 925. The van der Waals surface area contributed by atoms with Crippen LogP contribution in [-0.2, 0) is 28.8 Å². The maximum Gasteiger partial charge on any atom is 0.416 e. The van der Waals surface area contributed by atoms with Crippen LogP contribution < -0.4 is 10.1 Å². The summed E-state index contributed by atoms with van der Waals surface area (Å²) in [5.74, 6) is -0.952. The second-order valence-corrected chi connectivity index (χ2v) is 8.10. The lowest BCUT2D eigenvalue weighted by molar-refractivity contribution is -0.138. The van der Waals surface area contributed by atoms with Gasteiger partial charge in [-0.25, -0.2) is 0 Å². The highest BCUT2D eigenvalue weighted by Gasteiger charge is 2.31. The largest absolute Gasteiger partial charge is 0.487 e. The highest BCUT2D eigenvalue weighted by molar-refractivity contribution is 9.11. The van der Waals surface area contributed by atoms with Gasteiger partial charge in [0.1, 0.15) is 12.4 Å². The predicted octanol–water partition coefficient (Wildman–Crippen LogP) is 6.18. The molecule has 30 heavy (non-hydrogen) atoms. The molecule has 0 aromatic heterocycles. The van der Waals surface area contributed by atoms with Crippen LogP contribution in [-0.4, -0.2) is 17.0 Å². The number of ether oxygens (including phenoxy) is 1. The molecule has 0 bridgehead atoms. The van der Waals surface area contributed by atoms with Gasteiger partial charge in [-0.1, -0.05) is 6.92 Å². The zero-order valence-corrected chi connectivity index (χ0v) is 18.9. The van der Waals surface area contributed by atoms with Gasteiger partial charge in [0, 0.05) is 18.5 Å². The molecule has 0 unspecified atom stereocenters. The van der Waals surface area contributed by atoms with Gasteiger partial charge in [-0.2, -0.15) is 13.2 Å². The minimum Gasteiger partial charge on any atom is -0.487 e. The third-order valence-electron chi connectivity index (χ3n) is 3.99. The van der Waals surface area contributed by atoms with E-state index < -0.39 is 23.6 Å². The van der Waals surface area contributed by atoms with Crippen LogP contribution in [0.3, 0.4) is 0 Å². The van der Waals surface area contributed by atoms with Crippen molar-refractivity contribution < 1.29 is 32.6 Å². The summed E-state index contributed by atoms with van der Waals surface area (Å²) in [5, 5.41) is 11.2. The molecule has 0 aliphatic carbocycles. The first-order valence-corrected chi connectivity index (χ1v) is 10.4. The van der Waals surface area contributed by atoms with Crippen molar-refractivity contribution in [2.45, 2.75) is 39.0 Å². The number of hydrogen-bond acceptors (Lipinski definition) is 3. The van der Waals surface area contributed by atoms with E-state index in [2.05, 4.69) is 37.2 Å². The van der Waals surface area contributed by atoms with Crippen LogP contribution in [0.25, 0.3) is 0 Å². The fourth-order valence-corrected chi connectivity index (χ4v) is 4.07. The van der Waals surface area contributed by atoms with Gasteiger partial charge in [0.25, 0.3) is 0 Å². The molecule has 5 nitrogen and oxygen atoms in total. The molecule has 10 heteroatoms. The highest BCUT2D eigenvalue weighted by atomic mass is 79.9. The summed E-state index contributed by atoms with van der Waals surface area (Å²) < 4.78 is 46.4. The average Bonchev–Trinajstić information content (AvgIpc) is 2.64. The molecule has 2 aromatic rings. The molecular weight excluding hydrogens is 535 g/mol. The normalized spacial score (nSPS) is 11.3. The van der Waals surface area contributed by atoms with E-state index in [-0.39, 0.29) is 30.7 Å². The number of aryl methyl sites for hydroxylation is 1. The molecule has 0 atom stereocenters. The molecule has 0 aliphatic rings. The first-order valence-electron chi connectivity index (χ1n) is 8.83. The Morgan fingerprint density at radius 3 is 2.23 bits per heavy atom. The highest BCUT2D eigenvalue weighted by Crippen LogP contribution is 2.37. The Morgan fingerprint density at radius 2 is 1.70 bits per heavy atom. The number of carboxylic acid groups (broad SMARTS) is 1. The lowest BCUT2D eigenvalue weighted by atomic mass is 10.1. The van der Waals surface area contributed by atoms with E-state index >= 15 is 0 Å². The Labute approximate surface area is 187 Å². The summed E-state index contributed by atoms with van der Waals surface area (Å²) in [6, 6.07) is 6.65. The third kappa shape index (κ3) is 7.02. The van der Waals surface area contributed by atoms with Crippen LogP contribution in [0.4, 0.5) is 18.9 Å². The second kappa shape index (κ2) is 10.3. The van der Waals surface area contributed by atoms with Gasteiger partial charge in [-0.15, -0.1) is 0 Å². The van der Waals surface area contributed by atoms with E-state index in [0.29, 0.717) is 21.1 Å². The van der Waals surface area contributed by atoms with Crippen molar-refractivity contribution in [1.29, 1.82) is 0 Å².